The second-order valence-corrected chi connectivity index (χ2v) is 7.04. The van der Waals surface area contributed by atoms with E-state index in [4.69, 9.17) is 5.73 Å². The standard InChI is InChI=1S/C17H22N4OS.2ClH/c1-11(20-16(22)9-13-3-2-4-14(13)18)17-21-15(10-23-17)12-5-7-19-8-6-12;;/h5-8,10-11,13-14H,2-4,9,18H2,1H3,(H,20,22);2*1H/t11?,13-,14+;;/m0../s1. The van der Waals surface area contributed by atoms with Gasteiger partial charge in [0.05, 0.1) is 11.7 Å². The lowest BCUT2D eigenvalue weighted by atomic mass is 10.00. The lowest BCUT2D eigenvalue weighted by Crippen LogP contribution is -2.32. The van der Waals surface area contributed by atoms with Crippen LogP contribution in [0.1, 0.15) is 43.7 Å². The van der Waals surface area contributed by atoms with Gasteiger partial charge in [-0.05, 0) is 37.8 Å². The van der Waals surface area contributed by atoms with Gasteiger partial charge < -0.3 is 11.1 Å². The van der Waals surface area contributed by atoms with Crippen LogP contribution in [-0.2, 0) is 4.79 Å². The number of hydrogen-bond acceptors (Lipinski definition) is 5. The maximum atomic E-state index is 12.2. The molecule has 2 heterocycles. The highest BCUT2D eigenvalue weighted by atomic mass is 35.5. The van der Waals surface area contributed by atoms with E-state index in [0.717, 1.165) is 35.5 Å². The molecule has 1 aliphatic rings. The van der Waals surface area contributed by atoms with Gasteiger partial charge in [0.15, 0.2) is 0 Å². The maximum Gasteiger partial charge on any atom is 0.220 e. The van der Waals surface area contributed by atoms with E-state index in [1.165, 1.54) is 0 Å². The Morgan fingerprint density at radius 1 is 1.36 bits per heavy atom. The number of hydrogen-bond donors (Lipinski definition) is 2. The smallest absolute Gasteiger partial charge is 0.220 e. The van der Waals surface area contributed by atoms with Crippen LogP contribution >= 0.6 is 36.2 Å². The first kappa shape index (κ1) is 21.8. The van der Waals surface area contributed by atoms with Crippen molar-refractivity contribution in [2.24, 2.45) is 11.7 Å². The molecule has 1 saturated carbocycles. The van der Waals surface area contributed by atoms with Crippen LogP contribution in [0.3, 0.4) is 0 Å². The minimum absolute atomic E-state index is 0. The molecular weight excluding hydrogens is 379 g/mol. The van der Waals surface area contributed by atoms with Crippen LogP contribution in [-0.4, -0.2) is 21.9 Å². The summed E-state index contributed by atoms with van der Waals surface area (Å²) >= 11 is 1.57. The predicted octanol–water partition coefficient (Wildman–Crippen LogP) is 3.74. The summed E-state index contributed by atoms with van der Waals surface area (Å²) < 4.78 is 0. The van der Waals surface area contributed by atoms with E-state index in [0.29, 0.717) is 12.3 Å². The number of nitrogens with zero attached hydrogens (tertiary/aromatic N) is 2. The van der Waals surface area contributed by atoms with E-state index in [1.54, 1.807) is 23.7 Å². The van der Waals surface area contributed by atoms with E-state index in [1.807, 2.05) is 24.4 Å². The molecule has 1 aliphatic carbocycles. The van der Waals surface area contributed by atoms with Gasteiger partial charge in [0.25, 0.3) is 0 Å². The number of nitrogens with one attached hydrogen (secondary N) is 1. The molecule has 1 unspecified atom stereocenters. The number of halogens is 2. The third kappa shape index (κ3) is 5.64. The molecule has 0 bridgehead atoms. The molecule has 3 atom stereocenters. The fourth-order valence-corrected chi connectivity index (χ4v) is 3.90. The molecular formula is C17H24Cl2N4OS. The first-order valence-corrected chi connectivity index (χ1v) is 8.92. The number of pyridine rings is 1. The van der Waals surface area contributed by atoms with Gasteiger partial charge in [-0.2, -0.15) is 0 Å². The van der Waals surface area contributed by atoms with Crippen LogP contribution in [0.2, 0.25) is 0 Å². The SMILES string of the molecule is CC(NC(=O)C[C@@H]1CCC[C@H]1N)c1nc(-c2ccncc2)cs1.Cl.Cl. The van der Waals surface area contributed by atoms with Gasteiger partial charge in [-0.1, -0.05) is 6.42 Å². The third-order valence-corrected chi connectivity index (χ3v) is 5.44. The van der Waals surface area contributed by atoms with Crippen molar-refractivity contribution in [1.82, 2.24) is 15.3 Å². The Kier molecular flexibility index (Phi) is 8.79. The van der Waals surface area contributed by atoms with Crippen LogP contribution in [0.25, 0.3) is 11.3 Å². The van der Waals surface area contributed by atoms with Crippen LogP contribution < -0.4 is 11.1 Å². The molecule has 5 nitrogen and oxygen atoms in total. The Balaban J connectivity index is 0.00000156. The summed E-state index contributed by atoms with van der Waals surface area (Å²) in [7, 11) is 0. The molecule has 0 aromatic carbocycles. The van der Waals surface area contributed by atoms with Crippen LogP contribution in [0.4, 0.5) is 0 Å². The normalized spacial score (nSPS) is 20.2. The molecule has 3 rings (SSSR count). The van der Waals surface area contributed by atoms with Crippen molar-refractivity contribution < 1.29 is 4.79 Å². The second-order valence-electron chi connectivity index (χ2n) is 6.16. The van der Waals surface area contributed by atoms with Crippen molar-refractivity contribution in [3.05, 3.63) is 34.9 Å². The number of amides is 1. The minimum atomic E-state index is -0.0827. The number of nitrogens with two attached hydrogens (primary N) is 1. The monoisotopic (exact) mass is 402 g/mol. The van der Waals surface area contributed by atoms with E-state index in [9.17, 15) is 4.79 Å². The summed E-state index contributed by atoms with van der Waals surface area (Å²) in [6.07, 6.45) is 7.26. The highest BCUT2D eigenvalue weighted by molar-refractivity contribution is 7.10. The van der Waals surface area contributed by atoms with E-state index in [2.05, 4.69) is 15.3 Å². The largest absolute Gasteiger partial charge is 0.347 e. The zero-order valence-electron chi connectivity index (χ0n) is 14.1. The van der Waals surface area contributed by atoms with Crippen molar-refractivity contribution in [2.45, 2.75) is 44.7 Å². The van der Waals surface area contributed by atoms with Crippen LogP contribution in [0.15, 0.2) is 29.9 Å². The number of rotatable bonds is 5. The van der Waals surface area contributed by atoms with Crippen molar-refractivity contribution in [2.75, 3.05) is 0 Å². The summed E-state index contributed by atoms with van der Waals surface area (Å²) in [5, 5.41) is 5.98. The second kappa shape index (κ2) is 10.1. The Hall–Kier alpha value is -1.21. The van der Waals surface area contributed by atoms with Crippen molar-refractivity contribution in [1.29, 1.82) is 0 Å². The first-order chi connectivity index (χ1) is 11.1. The number of aromatic nitrogens is 2. The Labute approximate surface area is 164 Å². The van der Waals surface area contributed by atoms with Gasteiger partial charge in [0, 0.05) is 35.8 Å². The minimum Gasteiger partial charge on any atom is -0.347 e. The molecule has 2 aromatic rings. The first-order valence-electron chi connectivity index (χ1n) is 8.04. The van der Waals surface area contributed by atoms with E-state index in [-0.39, 0.29) is 42.8 Å². The molecule has 2 aromatic heterocycles. The molecule has 0 saturated heterocycles. The number of carbonyl (C=O) groups is 1. The third-order valence-electron chi connectivity index (χ3n) is 4.41. The molecule has 0 spiro atoms. The average Bonchev–Trinajstić information content (AvgIpc) is 3.18. The zero-order valence-corrected chi connectivity index (χ0v) is 16.5. The quantitative estimate of drug-likeness (QED) is 0.797. The van der Waals surface area contributed by atoms with Gasteiger partial charge in [0.1, 0.15) is 5.01 Å². The summed E-state index contributed by atoms with van der Waals surface area (Å²) in [6, 6.07) is 3.96. The summed E-state index contributed by atoms with van der Waals surface area (Å²) in [6.45, 7) is 1.97. The number of thiazole rings is 1. The molecule has 0 aliphatic heterocycles. The summed E-state index contributed by atoms with van der Waals surface area (Å²) in [5.41, 5.74) is 8.00. The molecule has 138 valence electrons. The lowest BCUT2D eigenvalue weighted by Gasteiger charge is -2.17. The van der Waals surface area contributed by atoms with Crippen molar-refractivity contribution in [3.63, 3.8) is 0 Å². The molecule has 25 heavy (non-hydrogen) atoms. The summed E-state index contributed by atoms with van der Waals surface area (Å²) in [4.78, 5) is 20.9. The van der Waals surface area contributed by atoms with E-state index < -0.39 is 0 Å². The Morgan fingerprint density at radius 3 is 2.72 bits per heavy atom. The molecule has 1 amide bonds. The molecule has 3 N–H and O–H groups in total. The van der Waals surface area contributed by atoms with Gasteiger partial charge >= 0.3 is 0 Å². The fraction of sp³-hybridized carbons (Fsp3) is 0.471. The highest BCUT2D eigenvalue weighted by Gasteiger charge is 2.26. The van der Waals surface area contributed by atoms with Gasteiger partial charge in [0.2, 0.25) is 5.91 Å². The average molecular weight is 403 g/mol. The summed E-state index contributed by atoms with van der Waals surface area (Å²) in [5.74, 6) is 0.395. The fourth-order valence-electron chi connectivity index (χ4n) is 3.06. The van der Waals surface area contributed by atoms with Crippen LogP contribution in [0, 0.1) is 5.92 Å². The van der Waals surface area contributed by atoms with Crippen molar-refractivity contribution in [3.8, 4) is 11.3 Å². The number of carbonyl (C=O) groups excluding carboxylic acids is 1. The molecule has 0 radical (unpaired) electrons. The Morgan fingerprint density at radius 2 is 2.08 bits per heavy atom. The zero-order chi connectivity index (χ0) is 16.2. The van der Waals surface area contributed by atoms with Gasteiger partial charge in [-0.25, -0.2) is 4.98 Å². The highest BCUT2D eigenvalue weighted by Crippen LogP contribution is 2.28. The predicted molar refractivity (Wildman–Crippen MR) is 106 cm³/mol. The van der Waals surface area contributed by atoms with Crippen molar-refractivity contribution >= 4 is 42.1 Å². The van der Waals surface area contributed by atoms with Crippen LogP contribution in [0.5, 0.6) is 0 Å². The lowest BCUT2D eigenvalue weighted by molar-refractivity contribution is -0.122. The maximum absolute atomic E-state index is 12.2. The molecule has 1 fully saturated rings. The van der Waals surface area contributed by atoms with E-state index >= 15 is 0 Å². The van der Waals surface area contributed by atoms with Gasteiger partial charge in [-0.15, -0.1) is 36.2 Å². The Bertz CT molecular complexity index is 668. The topological polar surface area (TPSA) is 80.9 Å². The molecule has 8 heteroatoms. The van der Waals surface area contributed by atoms with Gasteiger partial charge in [-0.3, -0.25) is 9.78 Å².